The maximum Gasteiger partial charge on any atom is 0.220 e. The summed E-state index contributed by atoms with van der Waals surface area (Å²) in [6, 6.07) is 0.548. The van der Waals surface area contributed by atoms with Crippen LogP contribution >= 0.6 is 0 Å². The van der Waals surface area contributed by atoms with E-state index in [1.54, 1.807) is 0 Å². The van der Waals surface area contributed by atoms with Gasteiger partial charge in [-0.05, 0) is 32.7 Å². The molecule has 4 heteroatoms. The van der Waals surface area contributed by atoms with Gasteiger partial charge >= 0.3 is 0 Å². The first-order valence-corrected chi connectivity index (χ1v) is 6.40. The quantitative estimate of drug-likeness (QED) is 0.641. The SMILES string of the molecule is CCOCCNC(=O)CCC1CCCCN1. The van der Waals surface area contributed by atoms with E-state index in [2.05, 4.69) is 10.6 Å². The van der Waals surface area contributed by atoms with Crippen molar-refractivity contribution in [2.24, 2.45) is 0 Å². The number of carbonyl (C=O) groups excluding carboxylic acids is 1. The molecule has 0 aromatic rings. The predicted molar refractivity (Wildman–Crippen MR) is 64.4 cm³/mol. The smallest absolute Gasteiger partial charge is 0.220 e. The summed E-state index contributed by atoms with van der Waals surface area (Å²) in [4.78, 5) is 11.5. The van der Waals surface area contributed by atoms with Gasteiger partial charge in [0.15, 0.2) is 0 Å². The third-order valence-electron chi connectivity index (χ3n) is 2.90. The number of piperidine rings is 1. The average molecular weight is 228 g/mol. The molecule has 0 aliphatic carbocycles. The largest absolute Gasteiger partial charge is 0.380 e. The summed E-state index contributed by atoms with van der Waals surface area (Å²) < 4.78 is 5.15. The van der Waals surface area contributed by atoms with Crippen LogP contribution in [0.2, 0.25) is 0 Å². The molecule has 0 spiro atoms. The first kappa shape index (κ1) is 13.5. The first-order valence-electron chi connectivity index (χ1n) is 6.40. The number of ether oxygens (including phenoxy) is 1. The Kier molecular flexibility index (Phi) is 7.17. The van der Waals surface area contributed by atoms with Gasteiger partial charge in [0.25, 0.3) is 0 Å². The second kappa shape index (κ2) is 8.53. The van der Waals surface area contributed by atoms with Crippen LogP contribution in [-0.4, -0.2) is 38.3 Å². The van der Waals surface area contributed by atoms with E-state index in [0.717, 1.165) is 13.0 Å². The number of rotatable bonds is 7. The fourth-order valence-corrected chi connectivity index (χ4v) is 1.97. The molecule has 1 aliphatic rings. The Morgan fingerprint density at radius 2 is 2.38 bits per heavy atom. The van der Waals surface area contributed by atoms with Crippen LogP contribution in [0.3, 0.4) is 0 Å². The highest BCUT2D eigenvalue weighted by Gasteiger charge is 2.13. The molecule has 1 fully saturated rings. The molecule has 1 atom stereocenters. The second-order valence-corrected chi connectivity index (χ2v) is 4.23. The van der Waals surface area contributed by atoms with Crippen molar-refractivity contribution in [2.75, 3.05) is 26.3 Å². The normalized spacial score (nSPS) is 20.7. The Bertz CT molecular complexity index is 191. The fourth-order valence-electron chi connectivity index (χ4n) is 1.97. The molecule has 1 unspecified atom stereocenters. The summed E-state index contributed by atoms with van der Waals surface area (Å²) in [5.41, 5.74) is 0. The van der Waals surface area contributed by atoms with Gasteiger partial charge in [0.05, 0.1) is 6.61 Å². The maximum atomic E-state index is 11.5. The Morgan fingerprint density at radius 1 is 1.50 bits per heavy atom. The number of hydrogen-bond acceptors (Lipinski definition) is 3. The zero-order valence-corrected chi connectivity index (χ0v) is 10.3. The Labute approximate surface area is 98.1 Å². The number of nitrogens with one attached hydrogen (secondary N) is 2. The van der Waals surface area contributed by atoms with Crippen molar-refractivity contribution >= 4 is 5.91 Å². The highest BCUT2D eigenvalue weighted by atomic mass is 16.5. The molecule has 0 radical (unpaired) electrons. The summed E-state index contributed by atoms with van der Waals surface area (Å²) >= 11 is 0. The molecule has 94 valence electrons. The van der Waals surface area contributed by atoms with Crippen LogP contribution in [0.5, 0.6) is 0 Å². The van der Waals surface area contributed by atoms with Crippen molar-refractivity contribution in [3.05, 3.63) is 0 Å². The molecule has 1 saturated heterocycles. The summed E-state index contributed by atoms with van der Waals surface area (Å²) in [5.74, 6) is 0.145. The average Bonchev–Trinajstić information content (AvgIpc) is 2.33. The van der Waals surface area contributed by atoms with Crippen LogP contribution in [0.25, 0.3) is 0 Å². The summed E-state index contributed by atoms with van der Waals surface area (Å²) in [7, 11) is 0. The Morgan fingerprint density at radius 3 is 3.06 bits per heavy atom. The van der Waals surface area contributed by atoms with Gasteiger partial charge in [-0.15, -0.1) is 0 Å². The van der Waals surface area contributed by atoms with Gasteiger partial charge in [-0.1, -0.05) is 6.42 Å². The van der Waals surface area contributed by atoms with Crippen molar-refractivity contribution in [3.8, 4) is 0 Å². The van der Waals surface area contributed by atoms with Gasteiger partial charge < -0.3 is 15.4 Å². The Balaban J connectivity index is 1.96. The lowest BCUT2D eigenvalue weighted by Crippen LogP contribution is -2.35. The van der Waals surface area contributed by atoms with E-state index in [1.807, 2.05) is 6.92 Å². The molecule has 1 aliphatic heterocycles. The summed E-state index contributed by atoms with van der Waals surface area (Å²) in [6.45, 7) is 5.02. The topological polar surface area (TPSA) is 50.4 Å². The lowest BCUT2D eigenvalue weighted by Gasteiger charge is -2.23. The summed E-state index contributed by atoms with van der Waals surface area (Å²) in [5, 5.41) is 6.31. The van der Waals surface area contributed by atoms with E-state index < -0.39 is 0 Å². The molecule has 2 N–H and O–H groups in total. The van der Waals surface area contributed by atoms with Crippen LogP contribution < -0.4 is 10.6 Å². The summed E-state index contributed by atoms with van der Waals surface area (Å²) in [6.07, 6.45) is 5.37. The number of hydrogen-bond donors (Lipinski definition) is 2. The van der Waals surface area contributed by atoms with Crippen molar-refractivity contribution in [1.82, 2.24) is 10.6 Å². The molecule has 1 amide bonds. The van der Waals surface area contributed by atoms with E-state index in [9.17, 15) is 4.79 Å². The van der Waals surface area contributed by atoms with Crippen LogP contribution in [0.15, 0.2) is 0 Å². The third kappa shape index (κ3) is 6.08. The van der Waals surface area contributed by atoms with Crippen molar-refractivity contribution < 1.29 is 9.53 Å². The standard InChI is InChI=1S/C12H24N2O2/c1-2-16-10-9-14-12(15)7-6-11-5-3-4-8-13-11/h11,13H,2-10H2,1H3,(H,14,15). The van der Waals surface area contributed by atoms with Crippen molar-refractivity contribution in [1.29, 1.82) is 0 Å². The highest BCUT2D eigenvalue weighted by molar-refractivity contribution is 5.75. The second-order valence-electron chi connectivity index (χ2n) is 4.23. The van der Waals surface area contributed by atoms with Crippen LogP contribution in [0.1, 0.15) is 39.0 Å². The molecule has 0 saturated carbocycles. The van der Waals surface area contributed by atoms with E-state index in [0.29, 0.717) is 32.2 Å². The molecule has 1 rings (SSSR count). The van der Waals surface area contributed by atoms with Crippen molar-refractivity contribution in [2.45, 2.75) is 45.1 Å². The zero-order valence-electron chi connectivity index (χ0n) is 10.3. The Hall–Kier alpha value is -0.610. The third-order valence-corrected chi connectivity index (χ3v) is 2.90. The number of carbonyl (C=O) groups is 1. The van der Waals surface area contributed by atoms with Gasteiger partial charge in [-0.2, -0.15) is 0 Å². The van der Waals surface area contributed by atoms with Gasteiger partial charge in [-0.3, -0.25) is 4.79 Å². The van der Waals surface area contributed by atoms with Gasteiger partial charge in [0.1, 0.15) is 0 Å². The van der Waals surface area contributed by atoms with Gasteiger partial charge in [0, 0.05) is 25.6 Å². The van der Waals surface area contributed by atoms with Crippen LogP contribution in [0.4, 0.5) is 0 Å². The van der Waals surface area contributed by atoms with Gasteiger partial charge in [0.2, 0.25) is 5.91 Å². The molecule has 1 heterocycles. The monoisotopic (exact) mass is 228 g/mol. The highest BCUT2D eigenvalue weighted by Crippen LogP contribution is 2.11. The molecule has 0 aromatic heterocycles. The minimum Gasteiger partial charge on any atom is -0.380 e. The lowest BCUT2D eigenvalue weighted by atomic mass is 10.0. The first-order chi connectivity index (χ1) is 7.83. The minimum absolute atomic E-state index is 0.145. The van der Waals surface area contributed by atoms with Gasteiger partial charge in [-0.25, -0.2) is 0 Å². The molecule has 16 heavy (non-hydrogen) atoms. The molecule has 0 bridgehead atoms. The minimum atomic E-state index is 0.145. The van der Waals surface area contributed by atoms with Crippen LogP contribution in [0, 0.1) is 0 Å². The lowest BCUT2D eigenvalue weighted by molar-refractivity contribution is -0.121. The van der Waals surface area contributed by atoms with E-state index in [-0.39, 0.29) is 5.91 Å². The van der Waals surface area contributed by atoms with Crippen LogP contribution in [-0.2, 0) is 9.53 Å². The predicted octanol–water partition coefficient (Wildman–Crippen LogP) is 1.06. The maximum absolute atomic E-state index is 11.5. The molecular formula is C12H24N2O2. The fraction of sp³-hybridized carbons (Fsp3) is 0.917. The van der Waals surface area contributed by atoms with Crippen molar-refractivity contribution in [3.63, 3.8) is 0 Å². The molecular weight excluding hydrogens is 204 g/mol. The van der Waals surface area contributed by atoms with E-state index in [1.165, 1.54) is 19.3 Å². The molecule has 4 nitrogen and oxygen atoms in total. The van der Waals surface area contributed by atoms with E-state index >= 15 is 0 Å². The number of amides is 1. The molecule has 0 aromatic carbocycles. The van der Waals surface area contributed by atoms with E-state index in [4.69, 9.17) is 4.74 Å². The zero-order chi connectivity index (χ0) is 11.6.